The number of hydrogen-bond donors (Lipinski definition) is 0. The van der Waals surface area contributed by atoms with Crippen LogP contribution in [0.15, 0.2) is 0 Å². The van der Waals surface area contributed by atoms with E-state index >= 15 is 0 Å². The van der Waals surface area contributed by atoms with E-state index in [1.807, 2.05) is 0 Å². The molecule has 0 aliphatic carbocycles. The fraction of sp³-hybridized carbons (Fsp3) is 1.00. The molecule has 0 heterocycles. The van der Waals surface area contributed by atoms with E-state index in [9.17, 15) is 0 Å². The zero-order valence-electron chi connectivity index (χ0n) is 10.5. The highest BCUT2D eigenvalue weighted by atomic mass is 28.4. The van der Waals surface area contributed by atoms with Gasteiger partial charge in [-0.15, -0.1) is 0 Å². The van der Waals surface area contributed by atoms with Gasteiger partial charge in [-0.1, -0.05) is 34.1 Å². The molecule has 1 unspecified atom stereocenters. The lowest BCUT2D eigenvalue weighted by Crippen LogP contribution is -2.51. The second-order valence-corrected chi connectivity index (χ2v) is 7.58. The van der Waals surface area contributed by atoms with Gasteiger partial charge in [0, 0.05) is 26.9 Å². The first-order valence-corrected chi connectivity index (χ1v) is 6.85. The van der Waals surface area contributed by atoms with Crippen LogP contribution >= 0.6 is 0 Å². The van der Waals surface area contributed by atoms with Gasteiger partial charge >= 0.3 is 8.80 Å². The highest BCUT2D eigenvalue weighted by Crippen LogP contribution is 2.42. The molecule has 0 amide bonds. The highest BCUT2D eigenvalue weighted by molar-refractivity contribution is 6.62. The van der Waals surface area contributed by atoms with E-state index in [1.54, 1.807) is 21.3 Å². The maximum atomic E-state index is 5.48. The van der Waals surface area contributed by atoms with Gasteiger partial charge in [0.25, 0.3) is 0 Å². The SMILES string of the molecule is CCC(C)(C)C(C)[Si](OC)(OC)OC. The van der Waals surface area contributed by atoms with Crippen LogP contribution in [0.4, 0.5) is 0 Å². The van der Waals surface area contributed by atoms with Crippen LogP contribution in [0.3, 0.4) is 0 Å². The Balaban J connectivity index is 4.84. The molecule has 0 aromatic rings. The first-order chi connectivity index (χ1) is 6.40. The lowest BCUT2D eigenvalue weighted by atomic mass is 9.87. The molecule has 3 nitrogen and oxygen atoms in total. The second-order valence-electron chi connectivity index (χ2n) is 4.28. The van der Waals surface area contributed by atoms with Gasteiger partial charge in [-0.05, 0) is 5.41 Å². The van der Waals surface area contributed by atoms with E-state index in [4.69, 9.17) is 13.3 Å². The zero-order chi connectivity index (χ0) is 11.4. The van der Waals surface area contributed by atoms with Crippen molar-refractivity contribution >= 4 is 8.80 Å². The molecule has 0 bridgehead atoms. The van der Waals surface area contributed by atoms with E-state index in [0.29, 0.717) is 5.54 Å². The Kier molecular flexibility index (Phi) is 5.29. The van der Waals surface area contributed by atoms with Crippen LogP contribution in [-0.2, 0) is 13.3 Å². The zero-order valence-corrected chi connectivity index (χ0v) is 11.5. The van der Waals surface area contributed by atoms with Crippen molar-refractivity contribution in [2.45, 2.75) is 39.7 Å². The third kappa shape index (κ3) is 2.57. The summed E-state index contributed by atoms with van der Waals surface area (Å²) in [5, 5.41) is 0. The summed E-state index contributed by atoms with van der Waals surface area (Å²) >= 11 is 0. The standard InChI is InChI=1S/C10H24O3Si/c1-8-10(3,4)9(2)14(11-5,12-6)13-7/h9H,8H2,1-7H3. The van der Waals surface area contributed by atoms with Crippen molar-refractivity contribution in [2.24, 2.45) is 5.41 Å². The summed E-state index contributed by atoms with van der Waals surface area (Å²) in [6, 6.07) is 0. The van der Waals surface area contributed by atoms with Gasteiger partial charge in [-0.25, -0.2) is 0 Å². The molecule has 0 aliphatic rings. The van der Waals surface area contributed by atoms with Crippen LogP contribution in [0, 0.1) is 5.41 Å². The van der Waals surface area contributed by atoms with Crippen molar-refractivity contribution in [3.8, 4) is 0 Å². The summed E-state index contributed by atoms with van der Waals surface area (Å²) in [5.74, 6) is 0. The van der Waals surface area contributed by atoms with Crippen molar-refractivity contribution in [3.05, 3.63) is 0 Å². The topological polar surface area (TPSA) is 27.7 Å². The molecule has 0 radical (unpaired) electrons. The minimum Gasteiger partial charge on any atom is -0.377 e. The third-order valence-corrected chi connectivity index (χ3v) is 7.02. The summed E-state index contributed by atoms with van der Waals surface area (Å²) in [7, 11) is 2.53. The van der Waals surface area contributed by atoms with Crippen molar-refractivity contribution in [2.75, 3.05) is 21.3 Å². The molecular weight excluding hydrogens is 196 g/mol. The van der Waals surface area contributed by atoms with Gasteiger partial charge in [-0.2, -0.15) is 0 Å². The van der Waals surface area contributed by atoms with Crippen LogP contribution in [0.1, 0.15) is 34.1 Å². The average molecular weight is 220 g/mol. The molecule has 0 fully saturated rings. The molecule has 0 saturated heterocycles. The van der Waals surface area contributed by atoms with Gasteiger partial charge in [0.2, 0.25) is 0 Å². The maximum absolute atomic E-state index is 5.48. The predicted molar refractivity (Wildman–Crippen MR) is 60.3 cm³/mol. The van der Waals surface area contributed by atoms with Crippen LogP contribution in [0.2, 0.25) is 5.54 Å². The van der Waals surface area contributed by atoms with Crippen LogP contribution in [0.5, 0.6) is 0 Å². The quantitative estimate of drug-likeness (QED) is 0.644. The Hall–Kier alpha value is 0.0969. The molecule has 0 aliphatic heterocycles. The molecule has 86 valence electrons. The fourth-order valence-electron chi connectivity index (χ4n) is 1.57. The molecule has 14 heavy (non-hydrogen) atoms. The van der Waals surface area contributed by atoms with Crippen LogP contribution in [-0.4, -0.2) is 30.1 Å². The molecule has 1 atom stereocenters. The van der Waals surface area contributed by atoms with Gasteiger partial charge in [0.1, 0.15) is 0 Å². The third-order valence-electron chi connectivity index (χ3n) is 3.47. The predicted octanol–water partition coefficient (Wildman–Crippen LogP) is 2.69. The van der Waals surface area contributed by atoms with Crippen molar-refractivity contribution < 1.29 is 13.3 Å². The Morgan fingerprint density at radius 1 is 1.07 bits per heavy atom. The van der Waals surface area contributed by atoms with Gasteiger partial charge < -0.3 is 13.3 Å². The number of hydrogen-bond acceptors (Lipinski definition) is 3. The molecule has 0 aromatic carbocycles. The molecule has 0 spiro atoms. The summed E-state index contributed by atoms with van der Waals surface area (Å²) in [6.45, 7) is 8.76. The Labute approximate surface area is 89.1 Å². The van der Waals surface area contributed by atoms with Crippen molar-refractivity contribution in [3.63, 3.8) is 0 Å². The van der Waals surface area contributed by atoms with E-state index in [2.05, 4.69) is 27.7 Å². The summed E-state index contributed by atoms with van der Waals surface area (Å²) in [5.41, 5.74) is 0.467. The van der Waals surface area contributed by atoms with Crippen molar-refractivity contribution in [1.29, 1.82) is 0 Å². The summed E-state index contributed by atoms with van der Waals surface area (Å²) in [6.07, 6.45) is 1.08. The monoisotopic (exact) mass is 220 g/mol. The second kappa shape index (κ2) is 5.26. The molecule has 0 saturated carbocycles. The van der Waals surface area contributed by atoms with Gasteiger partial charge in [0.15, 0.2) is 0 Å². The minimum atomic E-state index is -2.48. The number of rotatable bonds is 6. The lowest BCUT2D eigenvalue weighted by molar-refractivity contribution is 0.0905. The summed E-state index contributed by atoms with van der Waals surface area (Å²) < 4.78 is 16.4. The van der Waals surface area contributed by atoms with Crippen molar-refractivity contribution in [1.82, 2.24) is 0 Å². The van der Waals surface area contributed by atoms with Crippen LogP contribution in [0.25, 0.3) is 0 Å². The largest absolute Gasteiger partial charge is 0.503 e. The maximum Gasteiger partial charge on any atom is 0.503 e. The molecule has 0 rings (SSSR count). The molecule has 0 aromatic heterocycles. The lowest BCUT2D eigenvalue weighted by Gasteiger charge is -2.39. The Bertz CT molecular complexity index is 158. The average Bonchev–Trinajstić information content (AvgIpc) is 2.21. The summed E-state index contributed by atoms with van der Waals surface area (Å²) in [4.78, 5) is 0. The Morgan fingerprint density at radius 2 is 1.43 bits per heavy atom. The Morgan fingerprint density at radius 3 is 1.64 bits per heavy atom. The molecular formula is C10H24O3Si. The van der Waals surface area contributed by atoms with Gasteiger partial charge in [0.05, 0.1) is 0 Å². The normalized spacial score (nSPS) is 15.6. The first-order valence-electron chi connectivity index (χ1n) is 5.05. The van der Waals surface area contributed by atoms with Crippen LogP contribution < -0.4 is 0 Å². The molecule has 0 N–H and O–H groups in total. The van der Waals surface area contributed by atoms with E-state index in [0.717, 1.165) is 6.42 Å². The van der Waals surface area contributed by atoms with Gasteiger partial charge in [-0.3, -0.25) is 0 Å². The fourth-order valence-corrected chi connectivity index (χ4v) is 4.29. The van der Waals surface area contributed by atoms with E-state index < -0.39 is 8.80 Å². The smallest absolute Gasteiger partial charge is 0.377 e. The van der Waals surface area contributed by atoms with E-state index in [1.165, 1.54) is 0 Å². The first kappa shape index (κ1) is 14.1. The molecule has 4 heteroatoms. The minimum absolute atomic E-state index is 0.175. The van der Waals surface area contributed by atoms with E-state index in [-0.39, 0.29) is 5.41 Å². The highest BCUT2D eigenvalue weighted by Gasteiger charge is 2.50.